The van der Waals surface area contributed by atoms with Gasteiger partial charge in [-0.05, 0) is 66.0 Å². The maximum atomic E-state index is 15.0. The highest BCUT2D eigenvalue weighted by atomic mass is 19.1. The van der Waals surface area contributed by atoms with Crippen molar-refractivity contribution < 1.29 is 33.7 Å². The summed E-state index contributed by atoms with van der Waals surface area (Å²) in [5.74, 6) is -1.93. The van der Waals surface area contributed by atoms with Gasteiger partial charge in [-0.25, -0.2) is 18.7 Å². The van der Waals surface area contributed by atoms with Crippen LogP contribution in [-0.2, 0) is 22.4 Å². The number of rotatable bonds is 5. The van der Waals surface area contributed by atoms with Crippen LogP contribution in [0.5, 0.6) is 5.75 Å². The van der Waals surface area contributed by atoms with Crippen molar-refractivity contribution in [1.82, 2.24) is 14.6 Å². The molecule has 0 radical (unpaired) electrons. The zero-order valence-corrected chi connectivity index (χ0v) is 21.4. The number of halogens is 1. The average molecular weight is 502 g/mol. The molecule has 3 heterocycles. The van der Waals surface area contributed by atoms with E-state index in [1.807, 2.05) is 6.92 Å². The minimum Gasteiger partial charge on any atom is -0.490 e. The van der Waals surface area contributed by atoms with Crippen molar-refractivity contribution >= 4 is 17.6 Å². The van der Waals surface area contributed by atoms with E-state index in [2.05, 4.69) is 10.1 Å². The Hall–Kier alpha value is -3.53. The number of carboxylic acid groups (broad SMARTS) is 1. The van der Waals surface area contributed by atoms with E-state index < -0.39 is 23.4 Å². The number of ether oxygens (including phenoxy) is 2. The monoisotopic (exact) mass is 501 g/mol. The van der Waals surface area contributed by atoms with Crippen LogP contribution in [0.3, 0.4) is 0 Å². The highest BCUT2D eigenvalue weighted by Gasteiger charge is 2.26. The molecule has 4 rings (SSSR count). The van der Waals surface area contributed by atoms with Crippen LogP contribution in [0.25, 0.3) is 16.9 Å². The van der Waals surface area contributed by atoms with E-state index in [9.17, 15) is 19.1 Å². The van der Waals surface area contributed by atoms with Crippen molar-refractivity contribution in [3.05, 3.63) is 46.0 Å². The number of carbonyl (C=O) groups is 2. The predicted molar refractivity (Wildman–Crippen MR) is 131 cm³/mol. The molecule has 9 nitrogen and oxygen atoms in total. The normalized spacial score (nSPS) is 12.9. The highest BCUT2D eigenvalue weighted by Crippen LogP contribution is 2.39. The first-order valence-electron chi connectivity index (χ1n) is 11.8. The van der Waals surface area contributed by atoms with E-state index in [4.69, 9.17) is 14.6 Å². The second kappa shape index (κ2) is 10.6. The van der Waals surface area contributed by atoms with Gasteiger partial charge >= 0.3 is 11.9 Å². The first-order chi connectivity index (χ1) is 16.8. The quantitative estimate of drug-likeness (QED) is 0.502. The third kappa shape index (κ3) is 5.99. The third-order valence-corrected chi connectivity index (χ3v) is 5.44. The Labute approximate surface area is 208 Å². The van der Waals surface area contributed by atoms with Crippen molar-refractivity contribution in [3.8, 4) is 17.0 Å². The summed E-state index contributed by atoms with van der Waals surface area (Å²) >= 11 is 0. The number of carbonyl (C=O) groups excluding carboxylic acids is 1. The first kappa shape index (κ1) is 27.1. The minimum atomic E-state index is -1.21. The average Bonchev–Trinajstić information content (AvgIpc) is 3.20. The highest BCUT2D eigenvalue weighted by molar-refractivity contribution is 5.87. The molecule has 1 aliphatic heterocycles. The largest absolute Gasteiger partial charge is 0.490 e. The number of aromatic nitrogens is 3. The molecular formula is C26H32FN3O6. The SMILES string of the molecule is CC(C)(C)O.CCOC(=O)Cc1c(C)nc2cc(C(=O)O)nn2c1-c1cc(F)c2c(c1C)CCCO2. The summed E-state index contributed by atoms with van der Waals surface area (Å²) in [5.41, 5.74) is 3.11. The van der Waals surface area contributed by atoms with Crippen LogP contribution in [0.2, 0.25) is 0 Å². The fraction of sp³-hybridized carbons (Fsp3) is 0.462. The lowest BCUT2D eigenvalue weighted by atomic mass is 9.91. The lowest BCUT2D eigenvalue weighted by Crippen LogP contribution is -2.16. The van der Waals surface area contributed by atoms with Crippen LogP contribution in [0, 0.1) is 19.7 Å². The summed E-state index contributed by atoms with van der Waals surface area (Å²) in [6.07, 6.45) is 1.32. The lowest BCUT2D eigenvalue weighted by Gasteiger charge is -2.23. The number of fused-ring (bicyclic) bond motifs is 2. The molecule has 0 atom stereocenters. The second-order valence-corrected chi connectivity index (χ2v) is 9.57. The number of aryl methyl sites for hydroxylation is 1. The molecule has 0 unspecified atom stereocenters. The maximum absolute atomic E-state index is 15.0. The van der Waals surface area contributed by atoms with E-state index in [1.54, 1.807) is 34.6 Å². The first-order valence-corrected chi connectivity index (χ1v) is 11.8. The predicted octanol–water partition coefficient (Wildman–Crippen LogP) is 4.06. The molecule has 3 aromatic rings. The van der Waals surface area contributed by atoms with Gasteiger partial charge in [-0.15, -0.1) is 0 Å². The van der Waals surface area contributed by atoms with Crippen molar-refractivity contribution in [3.63, 3.8) is 0 Å². The molecule has 2 N–H and O–H groups in total. The summed E-state index contributed by atoms with van der Waals surface area (Å²) in [6.45, 7) is 11.2. The van der Waals surface area contributed by atoms with Gasteiger partial charge in [0.05, 0.1) is 30.9 Å². The standard InChI is InChI=1S/C22H22FN3O5.C4H10O/c1-4-30-19(27)9-15-12(3)24-18-10-17(22(28)29)25-26(18)20(15)14-8-16(23)21-13(11(14)2)6-5-7-31-21;1-4(2,3)5/h8,10H,4-7,9H2,1-3H3,(H,28,29);5H,1-3H3. The molecule has 1 aliphatic rings. The number of aromatic carboxylic acids is 1. The van der Waals surface area contributed by atoms with Crippen molar-refractivity contribution in [2.45, 2.75) is 66.4 Å². The van der Waals surface area contributed by atoms with Gasteiger partial charge in [0.2, 0.25) is 0 Å². The van der Waals surface area contributed by atoms with E-state index in [0.29, 0.717) is 41.2 Å². The van der Waals surface area contributed by atoms with Crippen LogP contribution in [0.1, 0.15) is 67.0 Å². The number of aliphatic hydroxyl groups is 1. The number of hydrogen-bond donors (Lipinski definition) is 2. The Morgan fingerprint density at radius 2 is 1.92 bits per heavy atom. The molecule has 2 aromatic heterocycles. The second-order valence-electron chi connectivity index (χ2n) is 9.57. The van der Waals surface area contributed by atoms with Crippen LogP contribution in [0.15, 0.2) is 12.1 Å². The number of hydrogen-bond acceptors (Lipinski definition) is 7. The lowest BCUT2D eigenvalue weighted by molar-refractivity contribution is -0.142. The summed E-state index contributed by atoms with van der Waals surface area (Å²) in [7, 11) is 0. The Balaban J connectivity index is 0.000000658. The van der Waals surface area contributed by atoms with Crippen molar-refractivity contribution in [2.75, 3.05) is 13.2 Å². The van der Waals surface area contributed by atoms with Gasteiger partial charge < -0.3 is 19.7 Å². The molecular weight excluding hydrogens is 469 g/mol. The topological polar surface area (TPSA) is 123 Å². The zero-order chi connectivity index (χ0) is 26.8. The van der Waals surface area contributed by atoms with Gasteiger partial charge in [-0.1, -0.05) is 0 Å². The molecule has 0 bridgehead atoms. The Morgan fingerprint density at radius 3 is 2.53 bits per heavy atom. The smallest absolute Gasteiger partial charge is 0.356 e. The van der Waals surface area contributed by atoms with Crippen LogP contribution in [-0.4, -0.2) is 55.6 Å². The summed E-state index contributed by atoms with van der Waals surface area (Å²) in [4.78, 5) is 28.3. The number of esters is 1. The van der Waals surface area contributed by atoms with Gasteiger partial charge in [0.15, 0.2) is 22.9 Å². The van der Waals surface area contributed by atoms with Gasteiger partial charge in [-0.2, -0.15) is 5.10 Å². The summed E-state index contributed by atoms with van der Waals surface area (Å²) in [6, 6.07) is 2.70. The molecule has 1 aromatic carbocycles. The zero-order valence-electron chi connectivity index (χ0n) is 21.4. The summed E-state index contributed by atoms with van der Waals surface area (Å²) < 4.78 is 27.0. The van der Waals surface area contributed by atoms with Gasteiger partial charge in [-0.3, -0.25) is 4.79 Å². The fourth-order valence-electron chi connectivity index (χ4n) is 4.01. The van der Waals surface area contributed by atoms with E-state index >= 15 is 0 Å². The van der Waals surface area contributed by atoms with Crippen LogP contribution >= 0.6 is 0 Å². The number of nitrogens with zero attached hydrogens (tertiary/aromatic N) is 3. The molecule has 0 fully saturated rings. The van der Waals surface area contributed by atoms with Gasteiger partial charge in [0, 0.05) is 28.5 Å². The van der Waals surface area contributed by atoms with Crippen molar-refractivity contribution in [2.24, 2.45) is 0 Å². The molecule has 194 valence electrons. The fourth-order valence-corrected chi connectivity index (χ4v) is 4.01. The molecule has 10 heteroatoms. The van der Waals surface area contributed by atoms with Crippen LogP contribution in [0.4, 0.5) is 4.39 Å². The van der Waals surface area contributed by atoms with E-state index in [-0.39, 0.29) is 24.5 Å². The minimum absolute atomic E-state index is 0.102. The van der Waals surface area contributed by atoms with Crippen LogP contribution < -0.4 is 4.74 Å². The third-order valence-electron chi connectivity index (χ3n) is 5.44. The van der Waals surface area contributed by atoms with Gasteiger partial charge in [0.1, 0.15) is 0 Å². The van der Waals surface area contributed by atoms with Gasteiger partial charge in [0.25, 0.3) is 0 Å². The maximum Gasteiger partial charge on any atom is 0.356 e. The Morgan fingerprint density at radius 1 is 1.25 bits per heavy atom. The van der Waals surface area contributed by atoms with Crippen molar-refractivity contribution in [1.29, 1.82) is 0 Å². The number of carboxylic acids is 1. The molecule has 36 heavy (non-hydrogen) atoms. The summed E-state index contributed by atoms with van der Waals surface area (Å²) in [5, 5.41) is 22.1. The number of benzene rings is 1. The molecule has 0 saturated carbocycles. The van der Waals surface area contributed by atoms with E-state index in [1.165, 1.54) is 16.6 Å². The molecule has 0 spiro atoms. The molecule has 0 amide bonds. The Kier molecular flexibility index (Phi) is 7.98. The Bertz CT molecular complexity index is 1300. The molecule has 0 aliphatic carbocycles. The molecule has 0 saturated heterocycles. The van der Waals surface area contributed by atoms with E-state index in [0.717, 1.165) is 17.5 Å².